The van der Waals surface area contributed by atoms with Crippen molar-refractivity contribution in [1.82, 2.24) is 14.6 Å². The predicted molar refractivity (Wildman–Crippen MR) is 104 cm³/mol. The average molecular weight is 495 g/mol. The molecule has 1 aromatic rings. The number of oxime groups is 1. The number of nitrogens with one attached hydrogen (secondary N) is 1. The van der Waals surface area contributed by atoms with E-state index in [2.05, 4.69) is 24.9 Å². The van der Waals surface area contributed by atoms with Crippen molar-refractivity contribution in [2.45, 2.75) is 18.0 Å². The Labute approximate surface area is 183 Å². The fourth-order valence-electron chi connectivity index (χ4n) is 2.47. The van der Waals surface area contributed by atoms with Crippen LogP contribution in [0.5, 0.6) is 0 Å². The van der Waals surface area contributed by atoms with E-state index >= 15 is 0 Å². The molecular formula is C14H17N5O11S2. The second kappa shape index (κ2) is 10.2. The first-order valence-electron chi connectivity index (χ1n) is 8.36. The number of methoxy groups -OCH3 is 1. The van der Waals surface area contributed by atoms with Gasteiger partial charge in [0.2, 0.25) is 0 Å². The van der Waals surface area contributed by atoms with Gasteiger partial charge in [-0.3, -0.25) is 18.9 Å². The van der Waals surface area contributed by atoms with E-state index in [0.29, 0.717) is 6.21 Å². The van der Waals surface area contributed by atoms with Crippen molar-refractivity contribution in [2.24, 2.45) is 5.16 Å². The maximum Gasteiger partial charge on any atom is 0.508 e. The van der Waals surface area contributed by atoms with Crippen LogP contribution in [0.2, 0.25) is 0 Å². The van der Waals surface area contributed by atoms with Crippen LogP contribution in [-0.2, 0) is 39.0 Å². The van der Waals surface area contributed by atoms with Crippen LogP contribution in [0.4, 0.5) is 9.93 Å². The highest BCUT2D eigenvalue weighted by Gasteiger charge is 2.54. The van der Waals surface area contributed by atoms with Crippen molar-refractivity contribution >= 4 is 56.9 Å². The number of β-lactam (4-membered cyclic amide) rings is 1. The molecule has 3 atom stereocenters. The van der Waals surface area contributed by atoms with Gasteiger partial charge in [-0.2, -0.15) is 8.42 Å². The van der Waals surface area contributed by atoms with E-state index in [1.807, 2.05) is 0 Å². The van der Waals surface area contributed by atoms with Crippen LogP contribution in [0.3, 0.4) is 0 Å². The molecule has 0 aromatic carbocycles. The van der Waals surface area contributed by atoms with E-state index in [4.69, 9.17) is 15.1 Å². The first kappa shape index (κ1) is 24.8. The summed E-state index contributed by atoms with van der Waals surface area (Å²) in [7, 11) is -3.99. The first-order chi connectivity index (χ1) is 15.0. The highest BCUT2D eigenvalue weighted by Crippen LogP contribution is 2.24. The van der Waals surface area contributed by atoms with Crippen molar-refractivity contribution in [3.05, 3.63) is 11.1 Å². The predicted octanol–water partition coefficient (Wildman–Crippen LogP) is -1.82. The highest BCUT2D eigenvalue weighted by molar-refractivity contribution is 7.84. The summed E-state index contributed by atoms with van der Waals surface area (Å²) in [6, 6.07) is -2.92. The van der Waals surface area contributed by atoms with Gasteiger partial charge in [0, 0.05) is 5.38 Å². The van der Waals surface area contributed by atoms with Crippen LogP contribution in [-0.4, -0.2) is 89.9 Å². The molecule has 3 unspecified atom stereocenters. The Balaban J connectivity index is 1.94. The number of aliphatic carboxylic acids is 1. The summed E-state index contributed by atoms with van der Waals surface area (Å²) in [6.45, 7) is -1.20. The number of nitrogen functional groups attached to an aromatic ring is 1. The lowest BCUT2D eigenvalue weighted by Crippen LogP contribution is -2.73. The maximum absolute atomic E-state index is 12.0. The summed E-state index contributed by atoms with van der Waals surface area (Å²) in [5.41, 5.74) is 5.59. The topological polar surface area (TPSA) is 237 Å². The molecule has 32 heavy (non-hydrogen) atoms. The number of carboxylic acid groups (broad SMARTS) is 1. The number of anilines is 1. The molecule has 18 heteroatoms. The summed E-state index contributed by atoms with van der Waals surface area (Å²) in [6.07, 6.45) is -0.620. The smallest absolute Gasteiger partial charge is 0.481 e. The van der Waals surface area contributed by atoms with Gasteiger partial charge in [0.25, 0.3) is 11.8 Å². The summed E-state index contributed by atoms with van der Waals surface area (Å²) in [5.74, 6) is -4.69. The van der Waals surface area contributed by atoms with Crippen LogP contribution in [0.15, 0.2) is 10.5 Å². The molecule has 1 aromatic heterocycles. The first-order valence-corrected chi connectivity index (χ1v) is 10.6. The Hall–Kier alpha value is -3.51. The van der Waals surface area contributed by atoms with E-state index < -0.39 is 65.5 Å². The van der Waals surface area contributed by atoms with Gasteiger partial charge in [-0.1, -0.05) is 5.16 Å². The second-order valence-corrected chi connectivity index (χ2v) is 8.14. The molecule has 176 valence electrons. The molecule has 5 N–H and O–H groups in total. The van der Waals surface area contributed by atoms with Crippen molar-refractivity contribution < 1.29 is 51.6 Å². The van der Waals surface area contributed by atoms with Gasteiger partial charge in [-0.25, -0.2) is 14.1 Å². The summed E-state index contributed by atoms with van der Waals surface area (Å²) in [5, 5.41) is 16.2. The van der Waals surface area contributed by atoms with Crippen LogP contribution in [0.1, 0.15) is 11.6 Å². The number of nitrogens with two attached hydrogens (primary N) is 1. The number of aromatic nitrogens is 1. The molecule has 0 spiro atoms. The number of ether oxygens (including phenoxy) is 2. The summed E-state index contributed by atoms with van der Waals surface area (Å²) < 4.78 is 40.5. The Morgan fingerprint density at radius 2 is 2.16 bits per heavy atom. The molecule has 0 aliphatic carbocycles. The zero-order valence-electron chi connectivity index (χ0n) is 16.1. The standard InChI is InChI=1S/C14H17N5O11S2/c1-28-14(24)29-4-8-10(11(21)19(8)32(25,26)27)18-9(20)2-16-30-3-6(12(22)23)7-5-31-13(15)17-7/h2,5-6,8,10H,3-4H2,1H3,(H2,15,17)(H,18,20)(H,22,23)(H,25,26,27). The zero-order chi connectivity index (χ0) is 24.1. The normalized spacial score (nSPS) is 19.2. The number of thiazole rings is 1. The number of carbonyl (C=O) groups is 4. The van der Waals surface area contributed by atoms with Crippen molar-refractivity contribution in [2.75, 3.05) is 26.1 Å². The number of rotatable bonds is 10. The molecule has 2 rings (SSSR count). The minimum Gasteiger partial charge on any atom is -0.481 e. The third kappa shape index (κ3) is 6.02. The lowest BCUT2D eigenvalue weighted by atomic mass is 10.00. The lowest BCUT2D eigenvalue weighted by molar-refractivity contribution is -0.147. The van der Waals surface area contributed by atoms with Crippen molar-refractivity contribution in [3.63, 3.8) is 0 Å². The maximum atomic E-state index is 12.0. The molecule has 1 fully saturated rings. The van der Waals surface area contributed by atoms with Gasteiger partial charge < -0.3 is 30.5 Å². The number of hydrogen-bond donors (Lipinski definition) is 4. The van der Waals surface area contributed by atoms with Gasteiger partial charge in [0.15, 0.2) is 5.13 Å². The molecule has 1 saturated heterocycles. The minimum atomic E-state index is -4.98. The fourth-order valence-corrected chi connectivity index (χ4v) is 3.96. The number of hydrogen-bond acceptors (Lipinski definition) is 13. The van der Waals surface area contributed by atoms with E-state index in [-0.39, 0.29) is 15.1 Å². The lowest BCUT2D eigenvalue weighted by Gasteiger charge is -2.43. The average Bonchev–Trinajstić information content (AvgIpc) is 3.12. The number of nitrogens with zero attached hydrogens (tertiary/aromatic N) is 3. The minimum absolute atomic E-state index is 0.0194. The molecule has 0 saturated carbocycles. The van der Waals surface area contributed by atoms with Gasteiger partial charge in [-0.05, 0) is 0 Å². The highest BCUT2D eigenvalue weighted by atomic mass is 32.2. The SMILES string of the molecule is COC(=O)OCC1C(NC(=O)C=NOCC(C(=O)O)c2csc(N)n2)C(=O)N1S(=O)(=O)O. The molecular weight excluding hydrogens is 478 g/mol. The second-order valence-electron chi connectivity index (χ2n) is 5.96. The molecule has 1 aliphatic rings. The van der Waals surface area contributed by atoms with Crippen molar-refractivity contribution in [1.29, 1.82) is 0 Å². The largest absolute Gasteiger partial charge is 0.508 e. The Morgan fingerprint density at radius 3 is 2.69 bits per heavy atom. The Morgan fingerprint density at radius 1 is 1.47 bits per heavy atom. The molecule has 0 radical (unpaired) electrons. The van der Waals surface area contributed by atoms with Gasteiger partial charge >= 0.3 is 22.4 Å². The number of amides is 2. The fraction of sp³-hybridized carbons (Fsp3) is 0.429. The molecule has 2 amide bonds. The molecule has 2 heterocycles. The van der Waals surface area contributed by atoms with E-state index in [1.54, 1.807) is 0 Å². The molecule has 1 aliphatic heterocycles. The van der Waals surface area contributed by atoms with Gasteiger partial charge in [0.05, 0.1) is 12.8 Å². The molecule has 0 bridgehead atoms. The summed E-state index contributed by atoms with van der Waals surface area (Å²) in [4.78, 5) is 54.9. The third-order valence-electron chi connectivity index (χ3n) is 3.93. The van der Waals surface area contributed by atoms with E-state index in [1.165, 1.54) is 5.38 Å². The van der Waals surface area contributed by atoms with Crippen LogP contribution in [0, 0.1) is 0 Å². The number of carbonyl (C=O) groups excluding carboxylic acids is 3. The summed E-state index contributed by atoms with van der Waals surface area (Å²) >= 11 is 1.03. The van der Waals surface area contributed by atoms with Crippen LogP contribution >= 0.6 is 11.3 Å². The van der Waals surface area contributed by atoms with E-state index in [0.717, 1.165) is 18.4 Å². The zero-order valence-corrected chi connectivity index (χ0v) is 17.7. The Kier molecular flexibility index (Phi) is 7.89. The van der Waals surface area contributed by atoms with E-state index in [9.17, 15) is 32.7 Å². The third-order valence-corrected chi connectivity index (χ3v) is 5.57. The Bertz CT molecular complexity index is 1020. The monoisotopic (exact) mass is 495 g/mol. The van der Waals surface area contributed by atoms with Crippen LogP contribution < -0.4 is 11.1 Å². The number of carboxylic acids is 1. The van der Waals surface area contributed by atoms with Gasteiger partial charge in [0.1, 0.15) is 37.4 Å². The van der Waals surface area contributed by atoms with Gasteiger partial charge in [-0.15, -0.1) is 11.3 Å². The van der Waals surface area contributed by atoms with Crippen molar-refractivity contribution in [3.8, 4) is 0 Å². The quantitative estimate of drug-likeness (QED) is 0.0920. The van der Waals surface area contributed by atoms with Crippen LogP contribution in [0.25, 0.3) is 0 Å². The molecule has 16 nitrogen and oxygen atoms in total.